The average Bonchev–Trinajstić information content (AvgIpc) is 3.24. The van der Waals surface area contributed by atoms with Crippen LogP contribution in [0.5, 0.6) is 0 Å². The van der Waals surface area contributed by atoms with Gasteiger partial charge in [0, 0.05) is 29.0 Å². The molecule has 3 aromatic rings. The highest BCUT2D eigenvalue weighted by molar-refractivity contribution is 5.94. The summed E-state index contributed by atoms with van der Waals surface area (Å²) in [5.74, 6) is -1.49. The Bertz CT molecular complexity index is 1600. The molecule has 4 heterocycles. The number of amides is 1. The number of aromatic nitrogens is 2. The number of nitrogens with zero attached hydrogens (tertiary/aromatic N) is 2. The molecule has 1 amide bonds. The number of fused-ring (bicyclic) bond motifs is 5. The van der Waals surface area contributed by atoms with Crippen LogP contribution in [0.2, 0.25) is 0 Å². The van der Waals surface area contributed by atoms with Crippen molar-refractivity contribution in [1.29, 1.82) is 0 Å². The van der Waals surface area contributed by atoms with Crippen molar-refractivity contribution in [3.8, 4) is 11.4 Å². The highest BCUT2D eigenvalue weighted by atomic mass is 19.1. The summed E-state index contributed by atoms with van der Waals surface area (Å²) in [6, 6.07) is 2.58. The number of esters is 1. The number of aliphatic hydroxyl groups is 2. The molecule has 1 aliphatic carbocycles. The summed E-state index contributed by atoms with van der Waals surface area (Å²) in [5.41, 5.74) is 2.26. The lowest BCUT2D eigenvalue weighted by molar-refractivity contribution is -0.172. The molecule has 2 aromatic heterocycles. The van der Waals surface area contributed by atoms with E-state index in [1.165, 1.54) is 10.6 Å². The Morgan fingerprint density at radius 3 is 2.81 bits per heavy atom. The number of halogens is 1. The third-order valence-electron chi connectivity index (χ3n) is 8.05. The van der Waals surface area contributed by atoms with Crippen LogP contribution in [0.25, 0.3) is 22.3 Å². The number of pyridine rings is 2. The van der Waals surface area contributed by atoms with Crippen LogP contribution >= 0.6 is 0 Å². The van der Waals surface area contributed by atoms with E-state index in [1.54, 1.807) is 19.9 Å². The number of carbonyl (C=O) groups is 2. The van der Waals surface area contributed by atoms with Gasteiger partial charge in [0.25, 0.3) is 5.56 Å². The molecule has 1 aromatic carbocycles. The SMILES string of the molecule is CC[C@@]1(O)C(=O)OCc2c1cc1n(c2=O)Cc2c-1nc1cc(F)c(C)c3c1c2C(NC(=O)CCO)CC3. The normalized spacial score (nSPS) is 21.3. The first-order valence-corrected chi connectivity index (χ1v) is 12.4. The molecule has 0 fully saturated rings. The lowest BCUT2D eigenvalue weighted by Gasteiger charge is -2.31. The molecule has 9 nitrogen and oxygen atoms in total. The van der Waals surface area contributed by atoms with Crippen molar-refractivity contribution in [2.45, 2.75) is 64.3 Å². The van der Waals surface area contributed by atoms with Crippen LogP contribution in [0.3, 0.4) is 0 Å². The quantitative estimate of drug-likeness (QED) is 0.360. The van der Waals surface area contributed by atoms with Gasteiger partial charge in [-0.2, -0.15) is 0 Å². The zero-order chi connectivity index (χ0) is 26.2. The lowest BCUT2D eigenvalue weighted by atomic mass is 9.81. The smallest absolute Gasteiger partial charge is 0.343 e. The Morgan fingerprint density at radius 2 is 2.08 bits per heavy atom. The van der Waals surface area contributed by atoms with Crippen molar-refractivity contribution in [2.24, 2.45) is 0 Å². The van der Waals surface area contributed by atoms with Crippen molar-refractivity contribution in [2.75, 3.05) is 6.61 Å². The molecule has 0 bridgehead atoms. The van der Waals surface area contributed by atoms with E-state index >= 15 is 0 Å². The zero-order valence-electron chi connectivity index (χ0n) is 20.5. The molecule has 192 valence electrons. The average molecular weight is 508 g/mol. The van der Waals surface area contributed by atoms with Gasteiger partial charge < -0.3 is 24.8 Å². The van der Waals surface area contributed by atoms with Crippen LogP contribution in [-0.4, -0.2) is 38.2 Å². The third kappa shape index (κ3) is 3.21. The summed E-state index contributed by atoms with van der Waals surface area (Å²) in [5, 5.41) is 24.1. The molecule has 37 heavy (non-hydrogen) atoms. The highest BCUT2D eigenvalue weighted by Crippen LogP contribution is 2.45. The Morgan fingerprint density at radius 1 is 1.30 bits per heavy atom. The summed E-state index contributed by atoms with van der Waals surface area (Å²) in [7, 11) is 0. The first kappa shape index (κ1) is 23.7. The molecule has 3 aliphatic rings. The van der Waals surface area contributed by atoms with Gasteiger partial charge in [0.05, 0.1) is 41.7 Å². The van der Waals surface area contributed by atoms with Gasteiger partial charge in [-0.1, -0.05) is 6.92 Å². The highest BCUT2D eigenvalue weighted by Gasteiger charge is 2.46. The van der Waals surface area contributed by atoms with Crippen LogP contribution in [0.15, 0.2) is 16.9 Å². The molecule has 3 N–H and O–H groups in total. The summed E-state index contributed by atoms with van der Waals surface area (Å²) < 4.78 is 21.6. The van der Waals surface area contributed by atoms with Gasteiger partial charge in [-0.15, -0.1) is 0 Å². The topological polar surface area (TPSA) is 131 Å². The number of nitrogens with one attached hydrogen (secondary N) is 1. The largest absolute Gasteiger partial charge is 0.458 e. The van der Waals surface area contributed by atoms with Crippen molar-refractivity contribution in [1.82, 2.24) is 14.9 Å². The minimum Gasteiger partial charge on any atom is -0.458 e. The first-order chi connectivity index (χ1) is 17.7. The fourth-order valence-electron chi connectivity index (χ4n) is 6.07. The monoisotopic (exact) mass is 507 g/mol. The Hall–Kier alpha value is -3.63. The van der Waals surface area contributed by atoms with Crippen molar-refractivity contribution >= 4 is 22.8 Å². The molecule has 6 rings (SSSR count). The van der Waals surface area contributed by atoms with Crippen LogP contribution in [-0.2, 0) is 39.5 Å². The number of carbonyl (C=O) groups excluding carboxylic acids is 2. The molecular formula is C27H26FN3O6. The number of hydrogen-bond donors (Lipinski definition) is 3. The maximum absolute atomic E-state index is 14.9. The fraction of sp³-hybridized carbons (Fsp3) is 0.407. The van der Waals surface area contributed by atoms with Gasteiger partial charge in [-0.25, -0.2) is 14.2 Å². The second-order valence-corrected chi connectivity index (χ2v) is 9.94. The maximum Gasteiger partial charge on any atom is 0.343 e. The van der Waals surface area contributed by atoms with Gasteiger partial charge in [-0.05, 0) is 48.9 Å². The Labute approximate surface area is 210 Å². The molecule has 0 saturated heterocycles. The summed E-state index contributed by atoms with van der Waals surface area (Å²) in [6.45, 7) is 3.02. The van der Waals surface area contributed by atoms with E-state index in [4.69, 9.17) is 9.72 Å². The predicted molar refractivity (Wildman–Crippen MR) is 130 cm³/mol. The zero-order valence-corrected chi connectivity index (χ0v) is 20.5. The Kier molecular flexibility index (Phi) is 5.26. The number of aryl methyl sites for hydroxylation is 1. The molecule has 2 aliphatic heterocycles. The molecule has 2 atom stereocenters. The van der Waals surface area contributed by atoms with E-state index in [0.29, 0.717) is 35.3 Å². The van der Waals surface area contributed by atoms with Crippen LogP contribution in [0.4, 0.5) is 4.39 Å². The van der Waals surface area contributed by atoms with Gasteiger partial charge in [-0.3, -0.25) is 9.59 Å². The number of hydrogen-bond acceptors (Lipinski definition) is 7. The molecule has 0 saturated carbocycles. The van der Waals surface area contributed by atoms with E-state index in [9.17, 15) is 29.0 Å². The predicted octanol–water partition coefficient (Wildman–Crippen LogP) is 2.01. The van der Waals surface area contributed by atoms with E-state index in [1.807, 2.05) is 0 Å². The van der Waals surface area contributed by atoms with E-state index in [-0.39, 0.29) is 61.0 Å². The minimum absolute atomic E-state index is 0.0256. The second-order valence-electron chi connectivity index (χ2n) is 9.94. The van der Waals surface area contributed by atoms with E-state index in [0.717, 1.165) is 22.1 Å². The van der Waals surface area contributed by atoms with Gasteiger partial charge in [0.2, 0.25) is 5.91 Å². The number of cyclic esters (lactones) is 1. The van der Waals surface area contributed by atoms with Crippen LogP contribution in [0, 0.1) is 12.7 Å². The minimum atomic E-state index is -1.95. The summed E-state index contributed by atoms with van der Waals surface area (Å²) in [4.78, 5) is 43.3. The summed E-state index contributed by atoms with van der Waals surface area (Å²) in [6.07, 6.45) is 1.05. The number of ether oxygens (including phenoxy) is 1. The molecule has 0 spiro atoms. The van der Waals surface area contributed by atoms with Gasteiger partial charge in [0.15, 0.2) is 5.60 Å². The fourth-order valence-corrected chi connectivity index (χ4v) is 6.07. The van der Waals surface area contributed by atoms with Crippen molar-refractivity contribution in [3.63, 3.8) is 0 Å². The molecule has 1 unspecified atom stereocenters. The standard InChI is InChI=1S/C27H26FN3O6/c1-3-27(36)16-8-20-24-14(10-31(20)25(34)15(16)11-37-26(27)35)23-18(29-21(33)6-7-32)5-4-13-12(2)17(28)9-19(30-24)22(13)23/h8-9,18,32,36H,3-7,10-11H2,1-2H3,(H,29,33)/t18?,27-/m0/s1. The Balaban J connectivity index is 1.63. The first-order valence-electron chi connectivity index (χ1n) is 12.4. The molecule has 10 heteroatoms. The number of rotatable bonds is 4. The van der Waals surface area contributed by atoms with Crippen molar-refractivity contribution < 1.29 is 28.9 Å². The van der Waals surface area contributed by atoms with Crippen molar-refractivity contribution in [3.05, 3.63) is 61.7 Å². The van der Waals surface area contributed by atoms with Gasteiger partial charge >= 0.3 is 5.97 Å². The number of aliphatic hydroxyl groups excluding tert-OH is 1. The third-order valence-corrected chi connectivity index (χ3v) is 8.05. The lowest BCUT2D eigenvalue weighted by Crippen LogP contribution is -2.44. The molecular weight excluding hydrogens is 481 g/mol. The van der Waals surface area contributed by atoms with Crippen LogP contribution < -0.4 is 10.9 Å². The second kappa shape index (κ2) is 8.19. The van der Waals surface area contributed by atoms with Gasteiger partial charge in [0.1, 0.15) is 12.4 Å². The summed E-state index contributed by atoms with van der Waals surface area (Å²) >= 11 is 0. The maximum atomic E-state index is 14.9. The van der Waals surface area contributed by atoms with Crippen LogP contribution in [0.1, 0.15) is 65.6 Å². The van der Waals surface area contributed by atoms with E-state index < -0.39 is 17.6 Å². The number of benzene rings is 1. The molecule has 0 radical (unpaired) electrons. The van der Waals surface area contributed by atoms with E-state index in [2.05, 4.69) is 5.32 Å².